The first-order valence-corrected chi connectivity index (χ1v) is 3.77. The van der Waals surface area contributed by atoms with Gasteiger partial charge < -0.3 is 5.11 Å². The molecule has 0 fully saturated rings. The molecular formula is C10H11FO. The Hall–Kier alpha value is -1.31. The quantitative estimate of drug-likeness (QED) is 0.636. The SMILES string of the molecule is CC=C(O)c1ccc(F)c(C)c1. The Bertz CT molecular complexity index is 316. The first kappa shape index (κ1) is 8.78. The fourth-order valence-corrected chi connectivity index (χ4v) is 0.971. The van der Waals surface area contributed by atoms with E-state index < -0.39 is 0 Å². The molecule has 0 aliphatic heterocycles. The summed E-state index contributed by atoms with van der Waals surface area (Å²) in [6.45, 7) is 3.40. The second kappa shape index (κ2) is 3.39. The van der Waals surface area contributed by atoms with Gasteiger partial charge in [0.05, 0.1) is 0 Å². The van der Waals surface area contributed by atoms with Gasteiger partial charge >= 0.3 is 0 Å². The normalized spacial score (nSPS) is 11.8. The van der Waals surface area contributed by atoms with Gasteiger partial charge in [0, 0.05) is 5.56 Å². The molecule has 0 bridgehead atoms. The summed E-state index contributed by atoms with van der Waals surface area (Å²) in [6, 6.07) is 4.52. The molecule has 0 amide bonds. The molecule has 1 N–H and O–H groups in total. The smallest absolute Gasteiger partial charge is 0.126 e. The van der Waals surface area contributed by atoms with Gasteiger partial charge in [0.25, 0.3) is 0 Å². The van der Waals surface area contributed by atoms with E-state index in [1.807, 2.05) is 0 Å². The van der Waals surface area contributed by atoms with Crippen LogP contribution < -0.4 is 0 Å². The highest BCUT2D eigenvalue weighted by Crippen LogP contribution is 2.15. The van der Waals surface area contributed by atoms with Crippen molar-refractivity contribution in [3.8, 4) is 0 Å². The first-order valence-electron chi connectivity index (χ1n) is 3.77. The van der Waals surface area contributed by atoms with Crippen LogP contribution >= 0.6 is 0 Å². The Morgan fingerprint density at radius 1 is 1.50 bits per heavy atom. The lowest BCUT2D eigenvalue weighted by molar-refractivity contribution is 0.510. The van der Waals surface area contributed by atoms with Gasteiger partial charge in [0.15, 0.2) is 0 Å². The van der Waals surface area contributed by atoms with Crippen molar-refractivity contribution < 1.29 is 9.50 Å². The van der Waals surface area contributed by atoms with E-state index in [1.54, 1.807) is 32.1 Å². The molecule has 1 nitrogen and oxygen atoms in total. The number of benzene rings is 1. The van der Waals surface area contributed by atoms with Crippen LogP contribution in [-0.4, -0.2) is 5.11 Å². The van der Waals surface area contributed by atoms with Gasteiger partial charge in [-0.3, -0.25) is 0 Å². The molecule has 0 aliphatic carbocycles. The van der Waals surface area contributed by atoms with Crippen molar-refractivity contribution in [2.75, 3.05) is 0 Å². The third-order valence-electron chi connectivity index (χ3n) is 1.73. The summed E-state index contributed by atoms with van der Waals surface area (Å²) in [5, 5.41) is 9.28. The van der Waals surface area contributed by atoms with Gasteiger partial charge in [-0.25, -0.2) is 4.39 Å². The molecule has 12 heavy (non-hydrogen) atoms. The zero-order valence-electron chi connectivity index (χ0n) is 7.13. The predicted octanol–water partition coefficient (Wildman–Crippen LogP) is 3.05. The van der Waals surface area contributed by atoms with E-state index in [1.165, 1.54) is 6.07 Å². The number of aliphatic hydroxyl groups excluding tert-OH is 1. The summed E-state index contributed by atoms with van der Waals surface area (Å²) in [7, 11) is 0. The molecule has 0 aromatic heterocycles. The van der Waals surface area contributed by atoms with E-state index in [4.69, 9.17) is 0 Å². The van der Waals surface area contributed by atoms with E-state index in [-0.39, 0.29) is 11.6 Å². The molecule has 0 aliphatic rings. The summed E-state index contributed by atoms with van der Waals surface area (Å²) in [6.07, 6.45) is 1.58. The van der Waals surface area contributed by atoms with Crippen molar-refractivity contribution in [3.05, 3.63) is 41.2 Å². The number of aryl methyl sites for hydroxylation is 1. The highest BCUT2D eigenvalue weighted by Gasteiger charge is 2.00. The Morgan fingerprint density at radius 3 is 2.67 bits per heavy atom. The third-order valence-corrected chi connectivity index (χ3v) is 1.73. The average molecular weight is 166 g/mol. The molecule has 64 valence electrons. The van der Waals surface area contributed by atoms with E-state index in [2.05, 4.69) is 0 Å². The minimum Gasteiger partial charge on any atom is -0.508 e. The monoisotopic (exact) mass is 166 g/mol. The van der Waals surface area contributed by atoms with Gasteiger partial charge in [0.2, 0.25) is 0 Å². The topological polar surface area (TPSA) is 20.2 Å². The van der Waals surface area contributed by atoms with E-state index in [0.29, 0.717) is 11.1 Å². The van der Waals surface area contributed by atoms with Gasteiger partial charge in [-0.15, -0.1) is 0 Å². The second-order valence-corrected chi connectivity index (χ2v) is 2.64. The molecule has 1 aromatic rings. The van der Waals surface area contributed by atoms with Crippen LogP contribution in [0.1, 0.15) is 18.1 Å². The molecule has 0 unspecified atom stereocenters. The van der Waals surface area contributed by atoms with Crippen LogP contribution in [0.4, 0.5) is 4.39 Å². The van der Waals surface area contributed by atoms with Crippen LogP contribution in [0.5, 0.6) is 0 Å². The van der Waals surface area contributed by atoms with Crippen LogP contribution in [0, 0.1) is 12.7 Å². The van der Waals surface area contributed by atoms with E-state index in [0.717, 1.165) is 0 Å². The van der Waals surface area contributed by atoms with Crippen molar-refractivity contribution in [1.82, 2.24) is 0 Å². The van der Waals surface area contributed by atoms with Crippen LogP contribution in [0.15, 0.2) is 24.3 Å². The first-order chi connectivity index (χ1) is 5.65. The fraction of sp³-hybridized carbons (Fsp3) is 0.200. The fourth-order valence-electron chi connectivity index (χ4n) is 0.971. The van der Waals surface area contributed by atoms with E-state index in [9.17, 15) is 9.50 Å². The second-order valence-electron chi connectivity index (χ2n) is 2.64. The Morgan fingerprint density at radius 2 is 2.17 bits per heavy atom. The lowest BCUT2D eigenvalue weighted by Gasteiger charge is -2.01. The molecule has 2 heteroatoms. The minimum absolute atomic E-state index is 0.179. The standard InChI is InChI=1S/C10H11FO/c1-3-10(12)8-4-5-9(11)7(2)6-8/h3-6,12H,1-2H3. The van der Waals surface area contributed by atoms with Gasteiger partial charge in [-0.2, -0.15) is 0 Å². The Labute approximate surface area is 71.2 Å². The molecule has 0 saturated heterocycles. The highest BCUT2D eigenvalue weighted by molar-refractivity contribution is 5.58. The molecular weight excluding hydrogens is 155 g/mol. The maximum Gasteiger partial charge on any atom is 0.126 e. The lowest BCUT2D eigenvalue weighted by Crippen LogP contribution is -1.87. The predicted molar refractivity (Wildman–Crippen MR) is 47.4 cm³/mol. The maximum absolute atomic E-state index is 12.8. The lowest BCUT2D eigenvalue weighted by atomic mass is 10.1. The average Bonchev–Trinajstić information content (AvgIpc) is 2.08. The molecule has 0 atom stereocenters. The summed E-state index contributed by atoms with van der Waals surface area (Å²) < 4.78 is 12.8. The largest absolute Gasteiger partial charge is 0.508 e. The van der Waals surface area contributed by atoms with Crippen LogP contribution in [0.25, 0.3) is 5.76 Å². The number of hydrogen-bond donors (Lipinski definition) is 1. The number of allylic oxidation sites excluding steroid dienone is 1. The van der Waals surface area contributed by atoms with Crippen LogP contribution in [-0.2, 0) is 0 Å². The summed E-state index contributed by atoms with van der Waals surface area (Å²) in [4.78, 5) is 0. The molecule has 1 rings (SSSR count). The van der Waals surface area contributed by atoms with Crippen molar-refractivity contribution in [2.24, 2.45) is 0 Å². The molecule has 1 aromatic carbocycles. The zero-order chi connectivity index (χ0) is 9.14. The third kappa shape index (κ3) is 1.64. The number of aliphatic hydroxyl groups is 1. The summed E-state index contributed by atoms with van der Waals surface area (Å²) in [5.41, 5.74) is 1.19. The molecule has 0 spiro atoms. The zero-order valence-corrected chi connectivity index (χ0v) is 7.13. The molecule has 0 saturated carbocycles. The number of halogens is 1. The summed E-state index contributed by atoms with van der Waals surface area (Å²) >= 11 is 0. The number of hydrogen-bond acceptors (Lipinski definition) is 1. The Kier molecular flexibility index (Phi) is 2.48. The minimum atomic E-state index is -0.248. The summed E-state index contributed by atoms with van der Waals surface area (Å²) in [5.74, 6) is -0.0687. The van der Waals surface area contributed by atoms with Crippen molar-refractivity contribution in [3.63, 3.8) is 0 Å². The maximum atomic E-state index is 12.8. The van der Waals surface area contributed by atoms with Crippen LogP contribution in [0.2, 0.25) is 0 Å². The van der Waals surface area contributed by atoms with Gasteiger partial charge in [0.1, 0.15) is 11.6 Å². The van der Waals surface area contributed by atoms with Gasteiger partial charge in [-0.1, -0.05) is 0 Å². The Balaban J connectivity index is 3.13. The molecule has 0 heterocycles. The van der Waals surface area contributed by atoms with Gasteiger partial charge in [-0.05, 0) is 43.7 Å². The highest BCUT2D eigenvalue weighted by atomic mass is 19.1. The van der Waals surface area contributed by atoms with Crippen molar-refractivity contribution in [1.29, 1.82) is 0 Å². The van der Waals surface area contributed by atoms with Crippen LogP contribution in [0.3, 0.4) is 0 Å². The molecule has 0 radical (unpaired) electrons. The van der Waals surface area contributed by atoms with E-state index >= 15 is 0 Å². The van der Waals surface area contributed by atoms with Crippen molar-refractivity contribution >= 4 is 5.76 Å². The van der Waals surface area contributed by atoms with Crippen molar-refractivity contribution in [2.45, 2.75) is 13.8 Å². The number of rotatable bonds is 1.